The summed E-state index contributed by atoms with van der Waals surface area (Å²) >= 11 is 0. The second-order valence-electron chi connectivity index (χ2n) is 19.2. The van der Waals surface area contributed by atoms with Gasteiger partial charge in [0.05, 0.1) is 37.9 Å². The van der Waals surface area contributed by atoms with Crippen LogP contribution in [0.3, 0.4) is 0 Å². The summed E-state index contributed by atoms with van der Waals surface area (Å²) < 4.78 is 16.0. The number of nitrogens with two attached hydrogens (primary N) is 1. The van der Waals surface area contributed by atoms with Gasteiger partial charge in [0.25, 0.3) is 0 Å². The molecule has 6 rings (SSSR count). The summed E-state index contributed by atoms with van der Waals surface area (Å²) in [5.74, 6) is 0.611. The van der Waals surface area contributed by atoms with Crippen LogP contribution in [0.25, 0.3) is 0 Å². The predicted octanol–water partition coefficient (Wildman–Crippen LogP) is 7.01. The zero-order valence-electron chi connectivity index (χ0n) is 31.7. The number of fused-ring (bicyclic) bond motifs is 3. The molecule has 4 fully saturated rings. The number of likely N-dealkylation sites (N-methyl/N-ethyl adjacent to an activating group) is 1. The summed E-state index contributed by atoms with van der Waals surface area (Å²) in [6.07, 6.45) is 9.87. The molecule has 2 bridgehead atoms. The van der Waals surface area contributed by atoms with Crippen molar-refractivity contribution >= 4 is 11.9 Å². The highest BCUT2D eigenvalue weighted by atomic mass is 16.5. The molecule has 3 saturated carbocycles. The minimum Gasteiger partial charge on any atom is -0.481 e. The lowest BCUT2D eigenvalue weighted by atomic mass is 9.34. The van der Waals surface area contributed by atoms with Gasteiger partial charge in [0.15, 0.2) is 0 Å². The molecule has 9 nitrogen and oxygen atoms in total. The van der Waals surface area contributed by atoms with Crippen molar-refractivity contribution in [1.82, 2.24) is 20.1 Å². The largest absolute Gasteiger partial charge is 0.481 e. The van der Waals surface area contributed by atoms with Crippen molar-refractivity contribution < 1.29 is 19.4 Å². The average molecular weight is 668 g/mol. The predicted molar refractivity (Wildman–Crippen MR) is 189 cm³/mol. The van der Waals surface area contributed by atoms with Crippen molar-refractivity contribution in [2.45, 2.75) is 126 Å². The van der Waals surface area contributed by atoms with Crippen LogP contribution in [0.15, 0.2) is 18.0 Å². The van der Waals surface area contributed by atoms with Gasteiger partial charge in [-0.05, 0) is 96.3 Å². The second kappa shape index (κ2) is 11.8. The minimum absolute atomic E-state index is 0.00740. The molecule has 1 aromatic rings. The van der Waals surface area contributed by atoms with Gasteiger partial charge in [-0.1, -0.05) is 80.9 Å². The molecule has 5 aliphatic rings. The van der Waals surface area contributed by atoms with Crippen molar-refractivity contribution in [3.8, 4) is 0 Å². The molecule has 4 aliphatic carbocycles. The Morgan fingerprint density at radius 2 is 1.85 bits per heavy atom. The van der Waals surface area contributed by atoms with E-state index in [0.717, 1.165) is 38.5 Å². The fourth-order valence-electron chi connectivity index (χ4n) is 12.5. The molecule has 1 saturated heterocycles. The Morgan fingerprint density at radius 3 is 2.44 bits per heavy atom. The van der Waals surface area contributed by atoms with Crippen LogP contribution in [0, 0.1) is 62.1 Å². The van der Waals surface area contributed by atoms with Gasteiger partial charge < -0.3 is 25.6 Å². The number of anilines is 1. The smallest absolute Gasteiger partial charge is 0.307 e. The minimum atomic E-state index is -0.626. The van der Waals surface area contributed by atoms with Crippen molar-refractivity contribution in [1.29, 1.82) is 0 Å². The van der Waals surface area contributed by atoms with Gasteiger partial charge in [-0.2, -0.15) is 0 Å². The van der Waals surface area contributed by atoms with Crippen LogP contribution in [0.5, 0.6) is 0 Å². The first-order chi connectivity index (χ1) is 22.3. The number of nitrogen functional groups attached to an aromatic ring is 1. The third kappa shape index (κ3) is 4.97. The zero-order chi connectivity index (χ0) is 35.2. The van der Waals surface area contributed by atoms with E-state index in [4.69, 9.17) is 20.3 Å². The Balaban J connectivity index is 1.51. The number of nitrogens with zero attached hydrogens (tertiary/aromatic N) is 3. The third-order valence-corrected chi connectivity index (χ3v) is 15.7. The van der Waals surface area contributed by atoms with Crippen LogP contribution in [-0.4, -0.2) is 64.9 Å². The number of carbonyl (C=O) groups is 1. The molecule has 0 amide bonds. The number of carboxylic acid groups (broad SMARTS) is 1. The van der Waals surface area contributed by atoms with E-state index in [1.807, 2.05) is 11.7 Å². The SMILES string of the molecule is CN[C@H](CO[C@H]1[C@H](n2cnc(N)n2)C[C@]2(C)COC[C@@]13C1=CC[C@@]4(C)[C@H](C(=O)O)[C@@](C)([C@H](C)C(C)C)CC[C@]4(C)[C@H]1CC[C@H]23)C(C)(C)C. The fourth-order valence-corrected chi connectivity index (χ4v) is 12.5. The van der Waals surface area contributed by atoms with Crippen LogP contribution in [0.4, 0.5) is 5.95 Å². The number of carboxylic acids is 1. The Morgan fingerprint density at radius 1 is 1.15 bits per heavy atom. The van der Waals surface area contributed by atoms with Crippen LogP contribution >= 0.6 is 0 Å². The molecule has 0 aromatic carbocycles. The van der Waals surface area contributed by atoms with Gasteiger partial charge in [-0.25, -0.2) is 9.67 Å². The van der Waals surface area contributed by atoms with E-state index in [1.54, 1.807) is 6.33 Å². The van der Waals surface area contributed by atoms with E-state index >= 15 is 0 Å². The highest BCUT2D eigenvalue weighted by Crippen LogP contribution is 2.75. The summed E-state index contributed by atoms with van der Waals surface area (Å²) in [7, 11) is 2.02. The Bertz CT molecular complexity index is 1420. The number of ether oxygens (including phenoxy) is 2. The van der Waals surface area contributed by atoms with Crippen LogP contribution in [0.2, 0.25) is 0 Å². The lowest BCUT2D eigenvalue weighted by Crippen LogP contribution is -2.70. The van der Waals surface area contributed by atoms with E-state index in [9.17, 15) is 9.90 Å². The number of nitrogens with one attached hydrogen (secondary N) is 1. The summed E-state index contributed by atoms with van der Waals surface area (Å²) in [5, 5.41) is 19.3. The first kappa shape index (κ1) is 35.8. The summed E-state index contributed by atoms with van der Waals surface area (Å²) in [4.78, 5) is 17.9. The third-order valence-electron chi connectivity index (χ3n) is 15.7. The first-order valence-electron chi connectivity index (χ1n) is 18.8. The number of rotatable bonds is 8. The lowest BCUT2D eigenvalue weighted by molar-refractivity contribution is -0.253. The molecule has 48 heavy (non-hydrogen) atoms. The number of hydrogen-bond donors (Lipinski definition) is 3. The van der Waals surface area contributed by atoms with E-state index in [1.165, 1.54) is 5.57 Å². The Hall–Kier alpha value is -1.97. The van der Waals surface area contributed by atoms with Crippen molar-refractivity contribution in [2.75, 3.05) is 32.6 Å². The Kier molecular flexibility index (Phi) is 8.81. The molecule has 270 valence electrons. The van der Waals surface area contributed by atoms with E-state index in [0.29, 0.717) is 37.6 Å². The number of hydrogen-bond acceptors (Lipinski definition) is 7. The summed E-state index contributed by atoms with van der Waals surface area (Å²) in [5.41, 5.74) is 6.38. The molecule has 0 radical (unpaired) electrons. The topological polar surface area (TPSA) is 125 Å². The zero-order valence-corrected chi connectivity index (χ0v) is 31.7. The normalized spacial score (nSPS) is 43.8. The molecule has 1 aliphatic heterocycles. The number of aromatic nitrogens is 3. The first-order valence-corrected chi connectivity index (χ1v) is 18.8. The molecule has 0 unspecified atom stereocenters. The molecular weight excluding hydrogens is 602 g/mol. The summed E-state index contributed by atoms with van der Waals surface area (Å²) in [6, 6.07) is 0.106. The molecular formula is C39H65N5O4. The lowest BCUT2D eigenvalue weighted by Gasteiger charge is -2.71. The Labute approximate surface area is 289 Å². The number of aliphatic carboxylic acids is 1. The number of allylic oxidation sites excluding steroid dienone is 1. The van der Waals surface area contributed by atoms with Crippen molar-refractivity contribution in [2.24, 2.45) is 62.1 Å². The van der Waals surface area contributed by atoms with Gasteiger partial charge in [0.2, 0.25) is 5.95 Å². The standard InChI is InChI=1S/C39H65N5O4/c1-23(2)24(3)36(8)16-17-37(9)25-12-13-28-35(7)18-27(44-22-42-33(40)43-44)31(48-19-29(41-11)34(4,5)6)39(28,21-47-20-35)26(25)14-15-38(37,10)30(36)32(45)46/h14,22-25,27-31,41H,12-13,15-21H2,1-11H3,(H2,40,43)(H,45,46)/t24-,25+,27-,28-,29-,30-,31+,35-,36-,37-,38+,39+/m1/s1. The van der Waals surface area contributed by atoms with Gasteiger partial charge in [-0.15, -0.1) is 5.10 Å². The van der Waals surface area contributed by atoms with Crippen molar-refractivity contribution in [3.63, 3.8) is 0 Å². The van der Waals surface area contributed by atoms with Crippen molar-refractivity contribution in [3.05, 3.63) is 18.0 Å². The van der Waals surface area contributed by atoms with Crippen LogP contribution in [0.1, 0.15) is 114 Å². The average Bonchev–Trinajstić information content (AvgIpc) is 3.43. The fraction of sp³-hybridized carbons (Fsp3) is 0.872. The molecule has 2 heterocycles. The van der Waals surface area contributed by atoms with E-state index in [2.05, 4.69) is 85.6 Å². The summed E-state index contributed by atoms with van der Waals surface area (Å²) in [6.45, 7) is 24.9. The van der Waals surface area contributed by atoms with Gasteiger partial charge >= 0.3 is 5.97 Å². The highest BCUT2D eigenvalue weighted by Gasteiger charge is 2.72. The molecule has 9 heteroatoms. The molecule has 0 spiro atoms. The van der Waals surface area contributed by atoms with E-state index < -0.39 is 11.9 Å². The van der Waals surface area contributed by atoms with E-state index in [-0.39, 0.29) is 62.5 Å². The maximum atomic E-state index is 13.5. The molecule has 1 aromatic heterocycles. The molecule has 12 atom stereocenters. The highest BCUT2D eigenvalue weighted by molar-refractivity contribution is 5.73. The second-order valence-corrected chi connectivity index (χ2v) is 19.2. The van der Waals surface area contributed by atoms with Gasteiger partial charge in [0.1, 0.15) is 6.33 Å². The monoisotopic (exact) mass is 668 g/mol. The maximum absolute atomic E-state index is 13.5. The molecule has 4 N–H and O–H groups in total. The van der Waals surface area contributed by atoms with Crippen LogP contribution < -0.4 is 11.1 Å². The maximum Gasteiger partial charge on any atom is 0.307 e. The van der Waals surface area contributed by atoms with Crippen LogP contribution in [-0.2, 0) is 14.3 Å². The quantitative estimate of drug-likeness (QED) is 0.253. The van der Waals surface area contributed by atoms with Gasteiger partial charge in [-0.3, -0.25) is 4.79 Å². The van der Waals surface area contributed by atoms with Gasteiger partial charge in [0, 0.05) is 11.5 Å².